The van der Waals surface area contributed by atoms with Gasteiger partial charge in [0.25, 0.3) is 0 Å². The molecule has 5 heteroatoms. The summed E-state index contributed by atoms with van der Waals surface area (Å²) in [5, 5.41) is 21.5. The van der Waals surface area contributed by atoms with E-state index in [4.69, 9.17) is 15.2 Å². The van der Waals surface area contributed by atoms with Gasteiger partial charge in [-0.2, -0.15) is 10.5 Å². The predicted octanol–water partition coefficient (Wildman–Crippen LogP) is 2.69. The number of nitrogens with zero attached hydrogens (tertiary/aromatic N) is 2. The van der Waals surface area contributed by atoms with Gasteiger partial charge in [0, 0.05) is 6.54 Å². The van der Waals surface area contributed by atoms with E-state index in [1.807, 2.05) is 49.4 Å². The van der Waals surface area contributed by atoms with Crippen molar-refractivity contribution in [1.29, 1.82) is 10.5 Å². The molecule has 0 aliphatic carbocycles. The van der Waals surface area contributed by atoms with E-state index in [9.17, 15) is 0 Å². The summed E-state index contributed by atoms with van der Waals surface area (Å²) in [6, 6.07) is 29.2. The maximum Gasteiger partial charge on any atom is 0.362 e. The predicted molar refractivity (Wildman–Crippen MR) is 111 cm³/mol. The Kier molecular flexibility index (Phi) is 6.60. The van der Waals surface area contributed by atoms with Crippen LogP contribution in [0.2, 0.25) is 0 Å². The van der Waals surface area contributed by atoms with Crippen LogP contribution in [0.1, 0.15) is 23.6 Å². The number of nitrogens with one attached hydrogen (secondary N) is 1. The molecule has 0 saturated heterocycles. The van der Waals surface area contributed by atoms with Gasteiger partial charge in [0.05, 0.1) is 29.5 Å². The summed E-state index contributed by atoms with van der Waals surface area (Å²) in [6.07, 6.45) is -0.198. The first kappa shape index (κ1) is 19.4. The molecule has 3 rings (SSSR count). The zero-order valence-electron chi connectivity index (χ0n) is 15.7. The number of rotatable bonds is 7. The number of benzene rings is 3. The summed E-state index contributed by atoms with van der Waals surface area (Å²) in [6.45, 7) is 2.37. The summed E-state index contributed by atoms with van der Waals surface area (Å²) < 4.78 is 6.31. The highest BCUT2D eigenvalue weighted by atomic mass is 16.5. The highest BCUT2D eigenvalue weighted by Gasteiger charge is 2.24. The number of hydrogen-bond donors (Lipinski definition) is 1. The molecular weight excluding hydrogens is 345 g/mol. The highest BCUT2D eigenvalue weighted by molar-refractivity contribution is 6.80. The van der Waals surface area contributed by atoms with Crippen molar-refractivity contribution in [3.63, 3.8) is 0 Å². The Hall–Kier alpha value is -3.38. The minimum Gasteiger partial charge on any atom is -0.412 e. The largest absolute Gasteiger partial charge is 0.412 e. The van der Waals surface area contributed by atoms with Crippen LogP contribution in [0.15, 0.2) is 78.9 Å². The van der Waals surface area contributed by atoms with E-state index >= 15 is 0 Å². The van der Waals surface area contributed by atoms with E-state index in [2.05, 4.69) is 29.6 Å². The summed E-state index contributed by atoms with van der Waals surface area (Å²) in [5.74, 6) is 0. The van der Waals surface area contributed by atoms with E-state index in [1.54, 1.807) is 24.3 Å². The number of hydrogen-bond acceptors (Lipinski definition) is 4. The molecule has 28 heavy (non-hydrogen) atoms. The van der Waals surface area contributed by atoms with Gasteiger partial charge in [-0.15, -0.1) is 0 Å². The Labute approximate surface area is 166 Å². The zero-order chi connectivity index (χ0) is 19.8. The lowest BCUT2D eigenvalue weighted by molar-refractivity contribution is 0.188. The molecule has 0 aromatic heterocycles. The van der Waals surface area contributed by atoms with Crippen LogP contribution in [0.4, 0.5) is 0 Å². The average Bonchev–Trinajstić information content (AvgIpc) is 2.77. The molecule has 0 heterocycles. The topological polar surface area (TPSA) is 68.8 Å². The van der Waals surface area contributed by atoms with E-state index in [-0.39, 0.29) is 13.1 Å². The minimum atomic E-state index is -0.307. The Morgan fingerprint density at radius 1 is 0.821 bits per heavy atom. The Morgan fingerprint density at radius 2 is 1.32 bits per heavy atom. The molecule has 1 atom stereocenters. The summed E-state index contributed by atoms with van der Waals surface area (Å²) in [7, 11) is 0. The van der Waals surface area contributed by atoms with E-state index in [0.29, 0.717) is 17.7 Å². The van der Waals surface area contributed by atoms with Gasteiger partial charge in [-0.05, 0) is 47.7 Å². The van der Waals surface area contributed by atoms with Crippen molar-refractivity contribution in [2.45, 2.75) is 19.7 Å². The van der Waals surface area contributed by atoms with Crippen LogP contribution < -0.4 is 16.2 Å². The molecule has 0 aliphatic heterocycles. The van der Waals surface area contributed by atoms with Crippen LogP contribution in [0.5, 0.6) is 0 Å². The van der Waals surface area contributed by atoms with Gasteiger partial charge < -0.3 is 4.65 Å². The highest BCUT2D eigenvalue weighted by Crippen LogP contribution is 2.04. The van der Waals surface area contributed by atoms with Gasteiger partial charge in [0.2, 0.25) is 0 Å². The molecule has 3 aromatic carbocycles. The lowest BCUT2D eigenvalue weighted by Crippen LogP contribution is -2.49. The van der Waals surface area contributed by atoms with Gasteiger partial charge >= 0.3 is 6.92 Å². The monoisotopic (exact) mass is 365 g/mol. The van der Waals surface area contributed by atoms with Gasteiger partial charge in [0.1, 0.15) is 0 Å². The quantitative estimate of drug-likeness (QED) is 0.516. The fourth-order valence-electron chi connectivity index (χ4n) is 2.92. The van der Waals surface area contributed by atoms with Crippen molar-refractivity contribution in [1.82, 2.24) is 5.32 Å². The minimum absolute atomic E-state index is 0.198. The van der Waals surface area contributed by atoms with Crippen LogP contribution in [0.25, 0.3) is 0 Å². The van der Waals surface area contributed by atoms with E-state index in [1.165, 1.54) is 5.56 Å². The second kappa shape index (κ2) is 9.53. The zero-order valence-corrected chi connectivity index (χ0v) is 15.7. The van der Waals surface area contributed by atoms with Crippen molar-refractivity contribution < 1.29 is 4.65 Å². The van der Waals surface area contributed by atoms with Crippen LogP contribution in [0.3, 0.4) is 0 Å². The normalized spacial score (nSPS) is 11.2. The molecule has 0 fully saturated rings. The molecule has 0 aliphatic rings. The smallest absolute Gasteiger partial charge is 0.362 e. The lowest BCUT2D eigenvalue weighted by atomic mass is 9.55. The van der Waals surface area contributed by atoms with Gasteiger partial charge in [0.15, 0.2) is 0 Å². The second-order valence-corrected chi connectivity index (χ2v) is 6.49. The first-order valence-electron chi connectivity index (χ1n) is 9.12. The van der Waals surface area contributed by atoms with Crippen molar-refractivity contribution in [3.8, 4) is 12.1 Å². The first-order valence-corrected chi connectivity index (χ1v) is 9.12. The Bertz CT molecular complexity index is 916. The molecular formula is C23H20BN3O. The van der Waals surface area contributed by atoms with E-state index in [0.717, 1.165) is 10.9 Å². The maximum atomic E-state index is 9.04. The second-order valence-electron chi connectivity index (χ2n) is 6.49. The third kappa shape index (κ3) is 5.08. The third-order valence-corrected chi connectivity index (χ3v) is 4.46. The van der Waals surface area contributed by atoms with Crippen LogP contribution in [-0.4, -0.2) is 13.1 Å². The molecule has 0 radical (unpaired) electrons. The molecule has 0 spiro atoms. The van der Waals surface area contributed by atoms with Crippen molar-refractivity contribution in [2.75, 3.05) is 0 Å². The summed E-state index contributed by atoms with van der Waals surface area (Å²) in [4.78, 5) is 0. The summed E-state index contributed by atoms with van der Waals surface area (Å²) in [5.41, 5.74) is 4.32. The van der Waals surface area contributed by atoms with E-state index < -0.39 is 0 Å². The molecule has 1 N–H and O–H groups in total. The van der Waals surface area contributed by atoms with Gasteiger partial charge in [-0.25, -0.2) is 0 Å². The fraction of sp³-hybridized carbons (Fsp3) is 0.130. The lowest BCUT2D eigenvalue weighted by Gasteiger charge is -2.22. The number of nitriles is 2. The SMILES string of the molecule is CC(NCc1ccccc1)OB(c1ccc(C#N)cc1)c1ccc(C#N)cc1. The molecule has 1 unspecified atom stereocenters. The van der Waals surface area contributed by atoms with Crippen LogP contribution in [0, 0.1) is 22.7 Å². The fourth-order valence-corrected chi connectivity index (χ4v) is 2.92. The molecule has 4 nitrogen and oxygen atoms in total. The average molecular weight is 365 g/mol. The Morgan fingerprint density at radius 3 is 1.79 bits per heavy atom. The van der Waals surface area contributed by atoms with Gasteiger partial charge in [-0.1, -0.05) is 54.6 Å². The Balaban J connectivity index is 1.78. The summed E-state index contributed by atoms with van der Waals surface area (Å²) >= 11 is 0. The molecule has 0 amide bonds. The first-order chi connectivity index (χ1) is 13.7. The standard InChI is InChI=1S/C23H20BN3O/c1-18(27-17-21-5-3-2-4-6-21)28-24(22-11-7-19(15-25)8-12-22)23-13-9-20(16-26)10-14-23/h2-14,18,27H,17H2,1H3. The molecule has 136 valence electrons. The molecule has 0 saturated carbocycles. The van der Waals surface area contributed by atoms with Crippen LogP contribution >= 0.6 is 0 Å². The van der Waals surface area contributed by atoms with Crippen molar-refractivity contribution >= 4 is 17.8 Å². The van der Waals surface area contributed by atoms with Gasteiger partial charge in [-0.3, -0.25) is 5.32 Å². The molecule has 3 aromatic rings. The van der Waals surface area contributed by atoms with Crippen molar-refractivity contribution in [3.05, 3.63) is 95.6 Å². The third-order valence-electron chi connectivity index (χ3n) is 4.46. The van der Waals surface area contributed by atoms with Crippen LogP contribution in [-0.2, 0) is 11.2 Å². The van der Waals surface area contributed by atoms with Crippen molar-refractivity contribution in [2.24, 2.45) is 0 Å². The molecule has 0 bridgehead atoms. The maximum absolute atomic E-state index is 9.04.